The molecule has 0 saturated carbocycles. The fourth-order valence-corrected chi connectivity index (χ4v) is 4.25. The van der Waals surface area contributed by atoms with Gasteiger partial charge in [0.2, 0.25) is 0 Å². The Kier molecular flexibility index (Phi) is 5.99. The highest BCUT2D eigenvalue weighted by Gasteiger charge is 2.16. The van der Waals surface area contributed by atoms with Crippen molar-refractivity contribution in [3.8, 4) is 0 Å². The Morgan fingerprint density at radius 3 is 2.63 bits per heavy atom. The summed E-state index contributed by atoms with van der Waals surface area (Å²) in [7, 11) is 0. The molecule has 2 aromatic carbocycles. The second-order valence-electron chi connectivity index (χ2n) is 7.01. The quantitative estimate of drug-likeness (QED) is 0.483. The van der Waals surface area contributed by atoms with Crippen molar-refractivity contribution in [1.82, 2.24) is 19.9 Å². The van der Waals surface area contributed by atoms with Crippen LogP contribution in [0.25, 0.3) is 0 Å². The maximum atomic E-state index is 13.1. The molecule has 30 heavy (non-hydrogen) atoms. The molecular weight excluding hydrogens is 399 g/mol. The van der Waals surface area contributed by atoms with Crippen molar-refractivity contribution in [3.63, 3.8) is 0 Å². The van der Waals surface area contributed by atoms with E-state index in [1.807, 2.05) is 35.9 Å². The standard InChI is InChI=1S/C23H21FN4OS/c1-16-22(30-21(27-16)12-17-6-8-20(24)9-7-17)23(29)26-13-18-4-2-3-5-19(18)14-28-11-10-25-15-28/h2-11,15H,12-14H2,1H3,(H,26,29). The number of hydrogen-bond acceptors (Lipinski definition) is 4. The maximum Gasteiger partial charge on any atom is 0.263 e. The Morgan fingerprint density at radius 2 is 1.90 bits per heavy atom. The molecular formula is C23H21FN4OS. The van der Waals surface area contributed by atoms with E-state index in [0.29, 0.717) is 30.1 Å². The molecule has 0 atom stereocenters. The minimum atomic E-state index is -0.262. The Morgan fingerprint density at radius 1 is 1.13 bits per heavy atom. The highest BCUT2D eigenvalue weighted by Crippen LogP contribution is 2.21. The van der Waals surface area contributed by atoms with E-state index in [1.165, 1.54) is 23.5 Å². The van der Waals surface area contributed by atoms with E-state index in [-0.39, 0.29) is 11.7 Å². The van der Waals surface area contributed by atoms with Crippen molar-refractivity contribution in [2.75, 3.05) is 0 Å². The summed E-state index contributed by atoms with van der Waals surface area (Å²) < 4.78 is 15.1. The van der Waals surface area contributed by atoms with Gasteiger partial charge in [0.1, 0.15) is 10.7 Å². The number of nitrogens with one attached hydrogen (secondary N) is 1. The molecule has 5 nitrogen and oxygen atoms in total. The average Bonchev–Trinajstić information content (AvgIpc) is 3.38. The summed E-state index contributed by atoms with van der Waals surface area (Å²) in [5, 5.41) is 3.86. The van der Waals surface area contributed by atoms with E-state index in [1.54, 1.807) is 24.7 Å². The number of amides is 1. The minimum absolute atomic E-state index is 0.132. The third-order valence-corrected chi connectivity index (χ3v) is 5.94. The molecule has 0 bridgehead atoms. The van der Waals surface area contributed by atoms with Crippen molar-refractivity contribution < 1.29 is 9.18 Å². The first-order valence-corrected chi connectivity index (χ1v) is 10.4. The predicted molar refractivity (Wildman–Crippen MR) is 115 cm³/mol. The number of hydrogen-bond donors (Lipinski definition) is 1. The molecule has 0 saturated heterocycles. The molecule has 2 heterocycles. The van der Waals surface area contributed by atoms with E-state index in [9.17, 15) is 9.18 Å². The zero-order valence-corrected chi connectivity index (χ0v) is 17.3. The van der Waals surface area contributed by atoms with Crippen molar-refractivity contribution in [3.05, 3.63) is 105 Å². The van der Waals surface area contributed by atoms with Gasteiger partial charge in [0.05, 0.1) is 17.0 Å². The van der Waals surface area contributed by atoms with Crippen molar-refractivity contribution in [1.29, 1.82) is 0 Å². The molecule has 1 amide bonds. The van der Waals surface area contributed by atoms with E-state index in [2.05, 4.69) is 21.4 Å². The average molecular weight is 421 g/mol. The third kappa shape index (κ3) is 4.80. The van der Waals surface area contributed by atoms with E-state index >= 15 is 0 Å². The highest BCUT2D eigenvalue weighted by molar-refractivity contribution is 7.13. The summed E-state index contributed by atoms with van der Waals surface area (Å²) in [5.74, 6) is -0.393. The fourth-order valence-electron chi connectivity index (χ4n) is 3.23. The smallest absolute Gasteiger partial charge is 0.263 e. The first kappa shape index (κ1) is 20.0. The number of rotatable bonds is 7. The van der Waals surface area contributed by atoms with Crippen molar-refractivity contribution in [2.45, 2.75) is 26.4 Å². The van der Waals surface area contributed by atoms with Gasteiger partial charge in [-0.15, -0.1) is 11.3 Å². The molecule has 0 unspecified atom stereocenters. The lowest BCUT2D eigenvalue weighted by Gasteiger charge is -2.11. The minimum Gasteiger partial charge on any atom is -0.347 e. The number of carbonyl (C=O) groups is 1. The van der Waals surface area contributed by atoms with E-state index in [0.717, 1.165) is 21.7 Å². The van der Waals surface area contributed by atoms with Gasteiger partial charge in [-0.2, -0.15) is 0 Å². The van der Waals surface area contributed by atoms with Crippen LogP contribution < -0.4 is 5.32 Å². The molecule has 1 N–H and O–H groups in total. The number of aromatic nitrogens is 3. The summed E-state index contributed by atoms with van der Waals surface area (Å²) in [6.07, 6.45) is 6.02. The molecule has 0 aliphatic carbocycles. The van der Waals surface area contributed by atoms with E-state index in [4.69, 9.17) is 0 Å². The highest BCUT2D eigenvalue weighted by atomic mass is 32.1. The summed E-state index contributed by atoms with van der Waals surface area (Å²) >= 11 is 1.38. The van der Waals surface area contributed by atoms with Gasteiger partial charge >= 0.3 is 0 Å². The first-order chi connectivity index (χ1) is 14.6. The topological polar surface area (TPSA) is 59.8 Å². The van der Waals surface area contributed by atoms with Gasteiger partial charge in [-0.1, -0.05) is 36.4 Å². The van der Waals surface area contributed by atoms with Gasteiger partial charge in [-0.3, -0.25) is 4.79 Å². The number of thiazole rings is 1. The third-order valence-electron chi connectivity index (χ3n) is 4.79. The van der Waals surface area contributed by atoms with Crippen LogP contribution in [0.3, 0.4) is 0 Å². The summed E-state index contributed by atoms with van der Waals surface area (Å²) in [5.41, 5.74) is 3.87. The molecule has 0 aliphatic heterocycles. The molecule has 0 spiro atoms. The van der Waals surface area contributed by atoms with Crippen LogP contribution in [0, 0.1) is 12.7 Å². The Bertz CT molecular complexity index is 1140. The monoisotopic (exact) mass is 420 g/mol. The lowest BCUT2D eigenvalue weighted by Crippen LogP contribution is -2.23. The van der Waals surface area contributed by atoms with Gasteiger partial charge in [0.15, 0.2) is 0 Å². The van der Waals surface area contributed by atoms with Crippen LogP contribution in [-0.2, 0) is 19.5 Å². The first-order valence-electron chi connectivity index (χ1n) is 9.60. The normalized spacial score (nSPS) is 10.9. The lowest BCUT2D eigenvalue weighted by molar-refractivity contribution is 0.0954. The van der Waals surface area contributed by atoms with Gasteiger partial charge in [0, 0.05) is 31.9 Å². The summed E-state index contributed by atoms with van der Waals surface area (Å²) in [4.78, 5) is 22.0. The van der Waals surface area contributed by atoms with Crippen LogP contribution in [0.1, 0.15) is 37.1 Å². The number of nitrogens with zero attached hydrogens (tertiary/aromatic N) is 3. The van der Waals surface area contributed by atoms with Gasteiger partial charge in [-0.05, 0) is 35.7 Å². The second-order valence-corrected chi connectivity index (χ2v) is 8.10. The number of imidazole rings is 1. The lowest BCUT2D eigenvalue weighted by atomic mass is 10.1. The van der Waals surface area contributed by atoms with Crippen molar-refractivity contribution >= 4 is 17.2 Å². The molecule has 4 rings (SSSR count). The molecule has 0 fully saturated rings. The number of benzene rings is 2. The SMILES string of the molecule is Cc1nc(Cc2ccc(F)cc2)sc1C(=O)NCc1ccccc1Cn1ccnc1. The van der Waals surface area contributed by atoms with Gasteiger partial charge in [-0.25, -0.2) is 14.4 Å². The molecule has 0 radical (unpaired) electrons. The van der Waals surface area contributed by atoms with Gasteiger partial charge in [0.25, 0.3) is 5.91 Å². The van der Waals surface area contributed by atoms with Crippen LogP contribution in [0.15, 0.2) is 67.3 Å². The Labute approximate surface area is 178 Å². The number of aryl methyl sites for hydroxylation is 1. The maximum absolute atomic E-state index is 13.1. The van der Waals surface area contributed by atoms with Gasteiger partial charge < -0.3 is 9.88 Å². The fraction of sp³-hybridized carbons (Fsp3) is 0.174. The largest absolute Gasteiger partial charge is 0.347 e. The second kappa shape index (κ2) is 9.00. The van der Waals surface area contributed by atoms with Crippen molar-refractivity contribution in [2.24, 2.45) is 0 Å². The number of halogens is 1. The zero-order valence-electron chi connectivity index (χ0n) is 16.5. The van der Waals surface area contributed by atoms with Crippen LogP contribution in [0.2, 0.25) is 0 Å². The zero-order chi connectivity index (χ0) is 20.9. The Hall–Kier alpha value is -3.32. The van der Waals surface area contributed by atoms with Crippen LogP contribution in [0.5, 0.6) is 0 Å². The van der Waals surface area contributed by atoms with Crippen LogP contribution >= 0.6 is 11.3 Å². The summed E-state index contributed by atoms with van der Waals surface area (Å²) in [6.45, 7) is 2.98. The molecule has 4 aromatic rings. The predicted octanol–water partition coefficient (Wildman–Crippen LogP) is 4.36. The molecule has 152 valence electrons. The van der Waals surface area contributed by atoms with Crippen LogP contribution in [0.4, 0.5) is 4.39 Å². The van der Waals surface area contributed by atoms with E-state index < -0.39 is 0 Å². The molecule has 0 aliphatic rings. The molecule has 2 aromatic heterocycles. The van der Waals surface area contributed by atoms with Crippen LogP contribution in [-0.4, -0.2) is 20.4 Å². The summed E-state index contributed by atoms with van der Waals surface area (Å²) in [6, 6.07) is 14.4. The number of carbonyl (C=O) groups excluding carboxylic acids is 1. The Balaban J connectivity index is 1.42. The molecule has 7 heteroatoms.